The van der Waals surface area contributed by atoms with Gasteiger partial charge in [-0.15, -0.1) is 0 Å². The Balaban J connectivity index is 2.32. The standard InChI is InChI=1S/C13H16FNO2/c1-8-3-4-12(14)9(5-8)10-6-15-7-11(10)13(16)17-2/h3-5,10-11,15H,6-7H2,1-2H3. The van der Waals surface area contributed by atoms with Gasteiger partial charge in [0.2, 0.25) is 0 Å². The van der Waals surface area contributed by atoms with Crippen molar-refractivity contribution in [2.24, 2.45) is 5.92 Å². The van der Waals surface area contributed by atoms with Crippen molar-refractivity contribution in [1.82, 2.24) is 5.32 Å². The second-order valence-electron chi connectivity index (χ2n) is 4.42. The van der Waals surface area contributed by atoms with Crippen molar-refractivity contribution in [3.63, 3.8) is 0 Å². The molecule has 1 aliphatic rings. The molecule has 1 fully saturated rings. The lowest BCUT2D eigenvalue weighted by Crippen LogP contribution is -2.23. The van der Waals surface area contributed by atoms with Gasteiger partial charge in [-0.1, -0.05) is 17.7 Å². The highest BCUT2D eigenvalue weighted by atomic mass is 19.1. The molecule has 3 nitrogen and oxygen atoms in total. The first-order valence-electron chi connectivity index (χ1n) is 5.68. The van der Waals surface area contributed by atoms with Gasteiger partial charge < -0.3 is 10.1 Å². The SMILES string of the molecule is COC(=O)C1CNCC1c1cc(C)ccc1F. The van der Waals surface area contributed by atoms with Crippen molar-refractivity contribution >= 4 is 5.97 Å². The Morgan fingerprint density at radius 1 is 1.47 bits per heavy atom. The Hall–Kier alpha value is -1.42. The highest BCUT2D eigenvalue weighted by molar-refractivity contribution is 5.74. The number of aryl methyl sites for hydroxylation is 1. The van der Waals surface area contributed by atoms with Crippen molar-refractivity contribution < 1.29 is 13.9 Å². The molecule has 0 aliphatic carbocycles. The topological polar surface area (TPSA) is 38.3 Å². The zero-order chi connectivity index (χ0) is 12.4. The normalized spacial score (nSPS) is 23.7. The van der Waals surface area contributed by atoms with Crippen molar-refractivity contribution in [2.75, 3.05) is 20.2 Å². The van der Waals surface area contributed by atoms with E-state index in [9.17, 15) is 9.18 Å². The Kier molecular flexibility index (Phi) is 3.43. The van der Waals surface area contributed by atoms with E-state index >= 15 is 0 Å². The predicted molar refractivity (Wildman–Crippen MR) is 62.3 cm³/mol. The van der Waals surface area contributed by atoms with E-state index in [1.54, 1.807) is 6.07 Å². The summed E-state index contributed by atoms with van der Waals surface area (Å²) in [4.78, 5) is 11.6. The van der Waals surface area contributed by atoms with Gasteiger partial charge in [-0.05, 0) is 18.6 Å². The fourth-order valence-electron chi connectivity index (χ4n) is 2.35. The molecule has 0 radical (unpaired) electrons. The number of benzene rings is 1. The van der Waals surface area contributed by atoms with Crippen LogP contribution in [-0.2, 0) is 9.53 Å². The smallest absolute Gasteiger partial charge is 0.310 e. The quantitative estimate of drug-likeness (QED) is 0.794. The van der Waals surface area contributed by atoms with Crippen LogP contribution in [0.5, 0.6) is 0 Å². The molecule has 0 amide bonds. The van der Waals surface area contributed by atoms with E-state index in [-0.39, 0.29) is 23.6 Å². The maximum Gasteiger partial charge on any atom is 0.310 e. The van der Waals surface area contributed by atoms with Gasteiger partial charge in [-0.25, -0.2) is 4.39 Å². The van der Waals surface area contributed by atoms with Crippen molar-refractivity contribution in [2.45, 2.75) is 12.8 Å². The lowest BCUT2D eigenvalue weighted by Gasteiger charge is -2.17. The molecule has 2 rings (SSSR count). The zero-order valence-corrected chi connectivity index (χ0v) is 10.00. The molecule has 1 saturated heterocycles. The molecule has 4 heteroatoms. The number of methoxy groups -OCH3 is 1. The molecule has 1 N–H and O–H groups in total. The number of hydrogen-bond acceptors (Lipinski definition) is 3. The molecule has 1 aliphatic heterocycles. The molecule has 17 heavy (non-hydrogen) atoms. The van der Waals surface area contributed by atoms with Gasteiger partial charge in [0.05, 0.1) is 13.0 Å². The van der Waals surface area contributed by atoms with E-state index in [1.807, 2.05) is 13.0 Å². The highest BCUT2D eigenvalue weighted by Gasteiger charge is 2.36. The van der Waals surface area contributed by atoms with Gasteiger partial charge in [0.1, 0.15) is 5.82 Å². The number of hydrogen-bond donors (Lipinski definition) is 1. The molecule has 0 aromatic heterocycles. The van der Waals surface area contributed by atoms with Crippen LogP contribution in [0.4, 0.5) is 4.39 Å². The number of halogens is 1. The first-order valence-corrected chi connectivity index (χ1v) is 5.68. The summed E-state index contributed by atoms with van der Waals surface area (Å²) in [5, 5.41) is 3.12. The number of ether oxygens (including phenoxy) is 1. The molecular weight excluding hydrogens is 221 g/mol. The Bertz CT molecular complexity index is 433. The van der Waals surface area contributed by atoms with Crippen LogP contribution in [0, 0.1) is 18.7 Å². The molecule has 1 aromatic rings. The molecule has 1 aromatic carbocycles. The third-order valence-electron chi connectivity index (χ3n) is 3.27. The molecule has 1 heterocycles. The summed E-state index contributed by atoms with van der Waals surface area (Å²) in [6, 6.07) is 4.99. The second-order valence-corrected chi connectivity index (χ2v) is 4.42. The number of carbonyl (C=O) groups excluding carboxylic acids is 1. The first-order chi connectivity index (χ1) is 8.13. The largest absolute Gasteiger partial charge is 0.469 e. The summed E-state index contributed by atoms with van der Waals surface area (Å²) < 4.78 is 18.5. The predicted octanol–water partition coefficient (Wildman–Crippen LogP) is 1.61. The maximum absolute atomic E-state index is 13.8. The van der Waals surface area contributed by atoms with E-state index < -0.39 is 0 Å². The summed E-state index contributed by atoms with van der Waals surface area (Å²) >= 11 is 0. The summed E-state index contributed by atoms with van der Waals surface area (Å²) in [6.45, 7) is 3.07. The Morgan fingerprint density at radius 3 is 2.94 bits per heavy atom. The average molecular weight is 237 g/mol. The molecule has 0 spiro atoms. The Morgan fingerprint density at radius 2 is 2.24 bits per heavy atom. The zero-order valence-electron chi connectivity index (χ0n) is 10.00. The number of nitrogens with one attached hydrogen (secondary N) is 1. The fourth-order valence-corrected chi connectivity index (χ4v) is 2.35. The minimum Gasteiger partial charge on any atom is -0.469 e. The van der Waals surface area contributed by atoms with Crippen LogP contribution < -0.4 is 5.32 Å². The lowest BCUT2D eigenvalue weighted by molar-refractivity contribution is -0.145. The molecule has 2 unspecified atom stereocenters. The third kappa shape index (κ3) is 2.31. The highest BCUT2D eigenvalue weighted by Crippen LogP contribution is 2.31. The van der Waals surface area contributed by atoms with E-state index in [0.717, 1.165) is 5.56 Å². The minimum absolute atomic E-state index is 0.137. The molecule has 2 atom stereocenters. The fraction of sp³-hybridized carbons (Fsp3) is 0.462. The number of carbonyl (C=O) groups is 1. The summed E-state index contributed by atoms with van der Waals surface area (Å²) in [7, 11) is 1.37. The maximum atomic E-state index is 13.8. The van der Waals surface area contributed by atoms with Gasteiger partial charge in [-0.2, -0.15) is 0 Å². The van der Waals surface area contributed by atoms with Gasteiger partial charge in [0.15, 0.2) is 0 Å². The van der Waals surface area contributed by atoms with Gasteiger partial charge in [-0.3, -0.25) is 4.79 Å². The van der Waals surface area contributed by atoms with Gasteiger partial charge >= 0.3 is 5.97 Å². The van der Waals surface area contributed by atoms with E-state index in [4.69, 9.17) is 4.74 Å². The van der Waals surface area contributed by atoms with Gasteiger partial charge in [0.25, 0.3) is 0 Å². The van der Waals surface area contributed by atoms with Crippen LogP contribution in [0.25, 0.3) is 0 Å². The van der Waals surface area contributed by atoms with Crippen LogP contribution in [-0.4, -0.2) is 26.2 Å². The Labute approximate surface area is 100.0 Å². The van der Waals surface area contributed by atoms with E-state index in [2.05, 4.69) is 5.32 Å². The van der Waals surface area contributed by atoms with Crippen molar-refractivity contribution in [3.8, 4) is 0 Å². The molecular formula is C13H16FNO2. The first kappa shape index (κ1) is 12.0. The molecule has 0 bridgehead atoms. The van der Waals surface area contributed by atoms with E-state index in [0.29, 0.717) is 18.7 Å². The van der Waals surface area contributed by atoms with Crippen LogP contribution in [0.3, 0.4) is 0 Å². The average Bonchev–Trinajstić information content (AvgIpc) is 2.80. The van der Waals surface area contributed by atoms with E-state index in [1.165, 1.54) is 13.2 Å². The van der Waals surface area contributed by atoms with Crippen LogP contribution in [0.15, 0.2) is 18.2 Å². The van der Waals surface area contributed by atoms with Crippen LogP contribution in [0.1, 0.15) is 17.0 Å². The third-order valence-corrected chi connectivity index (χ3v) is 3.27. The van der Waals surface area contributed by atoms with Crippen LogP contribution >= 0.6 is 0 Å². The summed E-state index contributed by atoms with van der Waals surface area (Å²) in [5.74, 6) is -0.960. The van der Waals surface area contributed by atoms with Crippen molar-refractivity contribution in [3.05, 3.63) is 35.1 Å². The summed E-state index contributed by atoms with van der Waals surface area (Å²) in [5.41, 5.74) is 1.60. The van der Waals surface area contributed by atoms with Gasteiger partial charge in [0, 0.05) is 19.0 Å². The molecule has 0 saturated carbocycles. The second kappa shape index (κ2) is 4.84. The summed E-state index contributed by atoms with van der Waals surface area (Å²) in [6.07, 6.45) is 0. The molecule has 92 valence electrons. The van der Waals surface area contributed by atoms with Crippen molar-refractivity contribution in [1.29, 1.82) is 0 Å². The minimum atomic E-state index is -0.295. The lowest BCUT2D eigenvalue weighted by atomic mass is 9.88. The number of esters is 1. The van der Waals surface area contributed by atoms with Crippen LogP contribution in [0.2, 0.25) is 0 Å². The monoisotopic (exact) mass is 237 g/mol. The number of rotatable bonds is 2.